The lowest BCUT2D eigenvalue weighted by Gasteiger charge is -2.17. The van der Waals surface area contributed by atoms with Crippen molar-refractivity contribution in [1.29, 1.82) is 0 Å². The zero-order chi connectivity index (χ0) is 22.6. The van der Waals surface area contributed by atoms with Gasteiger partial charge in [-0.15, -0.1) is 0 Å². The van der Waals surface area contributed by atoms with Gasteiger partial charge in [-0.3, -0.25) is 9.36 Å². The van der Waals surface area contributed by atoms with Gasteiger partial charge in [0.05, 0.1) is 28.3 Å². The molecule has 0 aliphatic heterocycles. The molecule has 0 saturated heterocycles. The molecule has 1 atom stereocenters. The predicted octanol–water partition coefficient (Wildman–Crippen LogP) is 5.40. The van der Waals surface area contributed by atoms with Gasteiger partial charge in [-0.2, -0.15) is 0 Å². The number of carbonyl (C=O) groups excluding carboxylic acids is 1. The zero-order valence-electron chi connectivity index (χ0n) is 18.1. The highest BCUT2D eigenvalue weighted by atomic mass is 16.1. The number of aromatic amines is 1. The van der Waals surface area contributed by atoms with Crippen molar-refractivity contribution in [2.75, 3.05) is 0 Å². The molecule has 0 fully saturated rings. The second kappa shape index (κ2) is 7.15. The minimum atomic E-state index is -0.254. The van der Waals surface area contributed by atoms with Crippen molar-refractivity contribution in [1.82, 2.24) is 24.8 Å². The number of hydrogen-bond donors (Lipinski definition) is 2. The molecule has 162 valence electrons. The summed E-state index contributed by atoms with van der Waals surface area (Å²) in [7, 11) is 0. The zero-order valence-corrected chi connectivity index (χ0v) is 18.1. The number of para-hydroxylation sites is 2. The number of fused-ring (bicyclic) bond motifs is 5. The molecular formula is C28H19N5O. The lowest BCUT2D eigenvalue weighted by molar-refractivity contribution is 0.0945. The van der Waals surface area contributed by atoms with Crippen LogP contribution in [-0.4, -0.2) is 25.4 Å². The van der Waals surface area contributed by atoms with E-state index in [1.807, 2.05) is 48.8 Å². The van der Waals surface area contributed by atoms with Gasteiger partial charge in [0.1, 0.15) is 12.0 Å². The Morgan fingerprint density at radius 2 is 1.74 bits per heavy atom. The van der Waals surface area contributed by atoms with Crippen LogP contribution in [0.5, 0.6) is 0 Å². The maximum atomic E-state index is 13.5. The number of nitrogens with zero attached hydrogens (tertiary/aromatic N) is 3. The van der Waals surface area contributed by atoms with Crippen molar-refractivity contribution in [3.05, 3.63) is 114 Å². The lowest BCUT2D eigenvalue weighted by Crippen LogP contribution is -2.28. The average Bonchev–Trinajstić information content (AvgIpc) is 3.60. The largest absolute Gasteiger partial charge is 0.346 e. The summed E-state index contributed by atoms with van der Waals surface area (Å²) in [5.41, 5.74) is 8.75. The van der Waals surface area contributed by atoms with Crippen molar-refractivity contribution in [2.24, 2.45) is 0 Å². The monoisotopic (exact) mass is 441 g/mol. The first-order valence-corrected chi connectivity index (χ1v) is 11.2. The number of benzene rings is 3. The first kappa shape index (κ1) is 18.8. The molecule has 1 aliphatic carbocycles. The van der Waals surface area contributed by atoms with Gasteiger partial charge in [0.2, 0.25) is 0 Å². The normalized spacial score (nSPS) is 14.3. The number of nitrogens with one attached hydrogen (secondary N) is 2. The minimum Gasteiger partial charge on any atom is -0.346 e. The minimum absolute atomic E-state index is 0.127. The Kier molecular flexibility index (Phi) is 3.96. The van der Waals surface area contributed by atoms with E-state index in [0.29, 0.717) is 11.2 Å². The van der Waals surface area contributed by atoms with Crippen LogP contribution in [0.1, 0.15) is 27.5 Å². The van der Waals surface area contributed by atoms with Gasteiger partial charge in [0.25, 0.3) is 5.91 Å². The van der Waals surface area contributed by atoms with E-state index in [2.05, 4.69) is 55.2 Å². The molecule has 34 heavy (non-hydrogen) atoms. The van der Waals surface area contributed by atoms with Crippen LogP contribution in [0.2, 0.25) is 0 Å². The Hall–Kier alpha value is -4.71. The number of carbonyl (C=O) groups is 1. The summed E-state index contributed by atoms with van der Waals surface area (Å²) in [6.45, 7) is 0. The summed E-state index contributed by atoms with van der Waals surface area (Å²) in [4.78, 5) is 25.4. The number of H-pyrrole nitrogens is 1. The van der Waals surface area contributed by atoms with Crippen molar-refractivity contribution in [3.8, 4) is 16.8 Å². The summed E-state index contributed by atoms with van der Waals surface area (Å²) >= 11 is 0. The van der Waals surface area contributed by atoms with E-state index in [0.717, 1.165) is 44.4 Å². The summed E-state index contributed by atoms with van der Waals surface area (Å²) in [5.74, 6) is -0.127. The predicted molar refractivity (Wildman–Crippen MR) is 132 cm³/mol. The Bertz CT molecular complexity index is 1730. The van der Waals surface area contributed by atoms with E-state index in [1.165, 1.54) is 0 Å². The molecule has 6 aromatic rings. The number of amides is 1. The molecular weight excluding hydrogens is 422 g/mol. The van der Waals surface area contributed by atoms with E-state index in [9.17, 15) is 4.79 Å². The Labute approximate surface area is 194 Å². The molecule has 0 radical (unpaired) electrons. The Morgan fingerprint density at radius 3 is 2.71 bits per heavy atom. The maximum absolute atomic E-state index is 13.5. The van der Waals surface area contributed by atoms with E-state index in [-0.39, 0.29) is 11.9 Å². The molecule has 3 aromatic heterocycles. The molecule has 0 spiro atoms. The number of aromatic nitrogens is 4. The first-order valence-electron chi connectivity index (χ1n) is 11.2. The molecule has 3 heterocycles. The fourth-order valence-corrected chi connectivity index (χ4v) is 5.11. The van der Waals surface area contributed by atoms with Gasteiger partial charge in [0.15, 0.2) is 0 Å². The third kappa shape index (κ3) is 2.65. The molecule has 3 aromatic carbocycles. The van der Waals surface area contributed by atoms with Gasteiger partial charge in [-0.05, 0) is 47.0 Å². The smallest absolute Gasteiger partial charge is 0.252 e. The van der Waals surface area contributed by atoms with Gasteiger partial charge < -0.3 is 10.3 Å². The third-order valence-corrected chi connectivity index (χ3v) is 6.62. The van der Waals surface area contributed by atoms with Crippen molar-refractivity contribution in [3.63, 3.8) is 0 Å². The lowest BCUT2D eigenvalue weighted by atomic mass is 10.0. The molecule has 6 heteroatoms. The van der Waals surface area contributed by atoms with Gasteiger partial charge in [-0.1, -0.05) is 48.5 Å². The SMILES string of the molecule is O=C(NC1c2ccccc2-c2c1cccc2-n1cnc2ccccc21)c1ccnc2[nH]ccc12. The first-order chi connectivity index (χ1) is 16.8. The second-order valence-electron chi connectivity index (χ2n) is 8.44. The van der Waals surface area contributed by atoms with E-state index < -0.39 is 0 Å². The highest BCUT2D eigenvalue weighted by molar-refractivity contribution is 6.06. The van der Waals surface area contributed by atoms with E-state index >= 15 is 0 Å². The quantitative estimate of drug-likeness (QED) is 0.386. The molecule has 1 amide bonds. The second-order valence-corrected chi connectivity index (χ2v) is 8.44. The van der Waals surface area contributed by atoms with Crippen LogP contribution in [0.3, 0.4) is 0 Å². The van der Waals surface area contributed by atoms with Crippen LogP contribution in [0.4, 0.5) is 0 Å². The van der Waals surface area contributed by atoms with Crippen molar-refractivity contribution in [2.45, 2.75) is 6.04 Å². The third-order valence-electron chi connectivity index (χ3n) is 6.62. The topological polar surface area (TPSA) is 75.6 Å². The van der Waals surface area contributed by atoms with Crippen LogP contribution in [0.25, 0.3) is 38.9 Å². The maximum Gasteiger partial charge on any atom is 0.252 e. The summed E-state index contributed by atoms with van der Waals surface area (Å²) in [6, 6.07) is 26.0. The standard InChI is InChI=1S/C28H19N5O/c34-28(20-13-15-30-27-19(20)12-14-29-27)32-26-18-7-2-1-6-17(18)25-21(26)8-5-11-24(25)33-16-31-22-9-3-4-10-23(22)33/h1-16,26H,(H,29,30)(H,32,34). The number of rotatable bonds is 3. The fourth-order valence-electron chi connectivity index (χ4n) is 5.11. The summed E-state index contributed by atoms with van der Waals surface area (Å²) in [5, 5.41) is 4.10. The van der Waals surface area contributed by atoms with E-state index in [1.54, 1.807) is 18.5 Å². The van der Waals surface area contributed by atoms with Crippen LogP contribution in [-0.2, 0) is 0 Å². The summed E-state index contributed by atoms with van der Waals surface area (Å²) in [6.07, 6.45) is 5.33. The Balaban J connectivity index is 1.38. The molecule has 2 N–H and O–H groups in total. The highest BCUT2D eigenvalue weighted by Gasteiger charge is 2.32. The molecule has 7 rings (SSSR count). The van der Waals surface area contributed by atoms with E-state index in [4.69, 9.17) is 0 Å². The Morgan fingerprint density at radius 1 is 0.882 bits per heavy atom. The van der Waals surface area contributed by atoms with Gasteiger partial charge >= 0.3 is 0 Å². The average molecular weight is 441 g/mol. The van der Waals surface area contributed by atoms with Crippen molar-refractivity contribution < 1.29 is 4.79 Å². The number of hydrogen-bond acceptors (Lipinski definition) is 3. The number of pyridine rings is 1. The molecule has 0 saturated carbocycles. The van der Waals surface area contributed by atoms with Crippen LogP contribution >= 0.6 is 0 Å². The van der Waals surface area contributed by atoms with Gasteiger partial charge in [-0.25, -0.2) is 9.97 Å². The number of imidazole rings is 1. The van der Waals surface area contributed by atoms with Crippen molar-refractivity contribution >= 4 is 28.0 Å². The molecule has 6 nitrogen and oxygen atoms in total. The van der Waals surface area contributed by atoms with Gasteiger partial charge in [0, 0.05) is 23.3 Å². The molecule has 1 aliphatic rings. The highest BCUT2D eigenvalue weighted by Crippen LogP contribution is 2.46. The van der Waals surface area contributed by atoms with Crippen LogP contribution in [0.15, 0.2) is 97.6 Å². The summed E-state index contributed by atoms with van der Waals surface area (Å²) < 4.78 is 2.13. The fraction of sp³-hybridized carbons (Fsp3) is 0.0357. The van der Waals surface area contributed by atoms with Crippen LogP contribution < -0.4 is 5.32 Å². The molecule has 0 bridgehead atoms. The molecule has 1 unspecified atom stereocenters. The van der Waals surface area contributed by atoms with Crippen LogP contribution in [0, 0.1) is 0 Å².